The maximum atomic E-state index is 12.8. The van der Waals surface area contributed by atoms with Gasteiger partial charge in [0.05, 0.1) is 12.1 Å². The fourth-order valence-corrected chi connectivity index (χ4v) is 3.72. The third kappa shape index (κ3) is 3.42. The van der Waals surface area contributed by atoms with Gasteiger partial charge in [-0.1, -0.05) is 65.9 Å². The largest absolute Gasteiger partial charge is 0.459 e. The van der Waals surface area contributed by atoms with E-state index in [4.69, 9.17) is 14.9 Å². The van der Waals surface area contributed by atoms with Gasteiger partial charge < -0.3 is 14.9 Å². The zero-order chi connectivity index (χ0) is 22.1. The Morgan fingerprint density at radius 1 is 1.09 bits per heavy atom. The second-order valence-corrected chi connectivity index (χ2v) is 7.27. The van der Waals surface area contributed by atoms with Crippen molar-refractivity contribution in [1.82, 2.24) is 15.0 Å². The molecular formula is C24H17N5O3. The van der Waals surface area contributed by atoms with Crippen LogP contribution >= 0.6 is 0 Å². The van der Waals surface area contributed by atoms with Gasteiger partial charge in [-0.2, -0.15) is 5.26 Å². The van der Waals surface area contributed by atoms with E-state index >= 15 is 0 Å². The molecule has 0 bridgehead atoms. The lowest BCUT2D eigenvalue weighted by Crippen LogP contribution is -2.25. The lowest BCUT2D eigenvalue weighted by Gasteiger charge is -2.24. The zero-order valence-electron chi connectivity index (χ0n) is 16.8. The van der Waals surface area contributed by atoms with Crippen LogP contribution in [0.1, 0.15) is 23.0 Å². The normalized spacial score (nSPS) is 15.0. The summed E-state index contributed by atoms with van der Waals surface area (Å²) in [5.41, 5.74) is 8.17. The number of hydrogen-bond donors (Lipinski definition) is 1. The van der Waals surface area contributed by atoms with E-state index in [1.807, 2.05) is 60.7 Å². The molecule has 0 saturated carbocycles. The molecule has 2 N–H and O–H groups in total. The number of aromatic nitrogens is 3. The van der Waals surface area contributed by atoms with E-state index in [1.165, 1.54) is 6.07 Å². The zero-order valence-corrected chi connectivity index (χ0v) is 16.8. The summed E-state index contributed by atoms with van der Waals surface area (Å²) >= 11 is 0. The second-order valence-electron chi connectivity index (χ2n) is 7.27. The molecule has 3 heterocycles. The molecule has 5 rings (SSSR count). The van der Waals surface area contributed by atoms with Gasteiger partial charge in [0.1, 0.15) is 29.6 Å². The van der Waals surface area contributed by atoms with Gasteiger partial charge in [-0.15, -0.1) is 5.10 Å². The van der Waals surface area contributed by atoms with Crippen molar-refractivity contribution in [1.29, 1.82) is 5.26 Å². The highest BCUT2D eigenvalue weighted by Crippen LogP contribution is 2.40. The van der Waals surface area contributed by atoms with E-state index in [-0.39, 0.29) is 34.9 Å². The summed E-state index contributed by atoms with van der Waals surface area (Å²) in [7, 11) is 0. The molecule has 8 heteroatoms. The SMILES string of the molecule is N#CC1=C(N)Oc2c(oc(Cn3cc(-c4ccccc4)nn3)cc2=O)C1c1ccccc1. The summed E-state index contributed by atoms with van der Waals surface area (Å²) in [6, 6.07) is 22.3. The maximum absolute atomic E-state index is 12.8. The van der Waals surface area contributed by atoms with Crippen LogP contribution in [0.4, 0.5) is 0 Å². The lowest BCUT2D eigenvalue weighted by atomic mass is 9.87. The van der Waals surface area contributed by atoms with Gasteiger partial charge in [0.25, 0.3) is 0 Å². The third-order valence-electron chi connectivity index (χ3n) is 5.19. The molecule has 8 nitrogen and oxygen atoms in total. The van der Waals surface area contributed by atoms with Gasteiger partial charge in [0, 0.05) is 11.6 Å². The van der Waals surface area contributed by atoms with Crippen molar-refractivity contribution < 1.29 is 9.15 Å². The fourth-order valence-electron chi connectivity index (χ4n) is 3.72. The van der Waals surface area contributed by atoms with Gasteiger partial charge in [0.2, 0.25) is 17.1 Å². The molecular weight excluding hydrogens is 406 g/mol. The van der Waals surface area contributed by atoms with Crippen LogP contribution in [-0.2, 0) is 6.54 Å². The molecule has 1 atom stereocenters. The van der Waals surface area contributed by atoms with Crippen molar-refractivity contribution in [2.45, 2.75) is 12.5 Å². The number of nitrogens with two attached hydrogens (primary N) is 1. The topological polar surface area (TPSA) is 120 Å². The number of rotatable bonds is 4. The summed E-state index contributed by atoms with van der Waals surface area (Å²) in [6.45, 7) is 0.185. The van der Waals surface area contributed by atoms with E-state index in [1.54, 1.807) is 10.9 Å². The van der Waals surface area contributed by atoms with Crippen LogP contribution in [0.15, 0.2) is 93.6 Å². The second kappa shape index (κ2) is 7.89. The van der Waals surface area contributed by atoms with E-state index in [0.717, 1.165) is 11.1 Å². The first-order valence-electron chi connectivity index (χ1n) is 9.89. The summed E-state index contributed by atoms with van der Waals surface area (Å²) in [6.07, 6.45) is 1.78. The third-order valence-corrected chi connectivity index (χ3v) is 5.19. The van der Waals surface area contributed by atoms with Crippen LogP contribution in [0.3, 0.4) is 0 Å². The molecule has 1 aliphatic rings. The van der Waals surface area contributed by atoms with E-state index < -0.39 is 5.92 Å². The molecule has 0 aliphatic carbocycles. The number of benzene rings is 2. The highest BCUT2D eigenvalue weighted by atomic mass is 16.5. The van der Waals surface area contributed by atoms with E-state index in [2.05, 4.69) is 16.4 Å². The van der Waals surface area contributed by atoms with Gasteiger partial charge >= 0.3 is 0 Å². The Labute approximate surface area is 182 Å². The van der Waals surface area contributed by atoms with Gasteiger partial charge in [-0.25, -0.2) is 4.68 Å². The van der Waals surface area contributed by atoms with E-state index in [9.17, 15) is 10.1 Å². The van der Waals surface area contributed by atoms with Crippen molar-refractivity contribution in [3.05, 3.63) is 112 Å². The van der Waals surface area contributed by atoms with Crippen molar-refractivity contribution >= 4 is 0 Å². The molecule has 156 valence electrons. The minimum atomic E-state index is -0.645. The summed E-state index contributed by atoms with van der Waals surface area (Å²) < 4.78 is 13.2. The minimum Gasteiger partial charge on any atom is -0.459 e. The Balaban J connectivity index is 1.55. The molecule has 1 unspecified atom stereocenters. The van der Waals surface area contributed by atoms with Crippen LogP contribution in [0, 0.1) is 11.3 Å². The average molecular weight is 423 g/mol. The lowest BCUT2D eigenvalue weighted by molar-refractivity contribution is 0.329. The Bertz CT molecular complexity index is 1420. The summed E-state index contributed by atoms with van der Waals surface area (Å²) in [4.78, 5) is 12.8. The molecule has 0 amide bonds. The quantitative estimate of drug-likeness (QED) is 0.535. The molecule has 2 aromatic carbocycles. The van der Waals surface area contributed by atoms with Gasteiger partial charge in [0.15, 0.2) is 5.76 Å². The molecule has 0 saturated heterocycles. The Hall–Kier alpha value is -4.64. The van der Waals surface area contributed by atoms with Crippen LogP contribution in [0.2, 0.25) is 0 Å². The number of fused-ring (bicyclic) bond motifs is 1. The van der Waals surface area contributed by atoms with E-state index in [0.29, 0.717) is 11.5 Å². The number of nitriles is 1. The maximum Gasteiger partial charge on any atom is 0.228 e. The van der Waals surface area contributed by atoms with Crippen LogP contribution in [0.25, 0.3) is 11.3 Å². The molecule has 1 aliphatic heterocycles. The molecule has 2 aromatic heterocycles. The van der Waals surface area contributed by atoms with Crippen LogP contribution < -0.4 is 15.9 Å². The fraction of sp³-hybridized carbons (Fsp3) is 0.0833. The van der Waals surface area contributed by atoms with Crippen molar-refractivity contribution in [2.75, 3.05) is 0 Å². The monoisotopic (exact) mass is 423 g/mol. The van der Waals surface area contributed by atoms with Crippen LogP contribution in [-0.4, -0.2) is 15.0 Å². The van der Waals surface area contributed by atoms with Crippen molar-refractivity contribution in [2.24, 2.45) is 5.73 Å². The first kappa shape index (κ1) is 19.3. The average Bonchev–Trinajstić information content (AvgIpc) is 3.28. The van der Waals surface area contributed by atoms with Crippen LogP contribution in [0.5, 0.6) is 5.75 Å². The molecule has 0 spiro atoms. The molecule has 4 aromatic rings. The van der Waals surface area contributed by atoms with Crippen molar-refractivity contribution in [3.63, 3.8) is 0 Å². The standard InChI is InChI=1S/C24H17N5O3/c25-12-18-21(16-9-5-2-6-10-16)23-22(32-24(18)26)20(30)11-17(31-23)13-29-14-19(27-28-29)15-7-3-1-4-8-15/h1-11,14,21H,13,26H2. The minimum absolute atomic E-state index is 0.0114. The number of nitrogens with zero attached hydrogens (tertiary/aromatic N) is 4. The first-order chi connectivity index (χ1) is 15.6. The molecule has 0 fully saturated rings. The smallest absolute Gasteiger partial charge is 0.228 e. The number of allylic oxidation sites excluding steroid dienone is 1. The highest BCUT2D eigenvalue weighted by Gasteiger charge is 2.35. The highest BCUT2D eigenvalue weighted by molar-refractivity contribution is 5.57. The summed E-state index contributed by atoms with van der Waals surface area (Å²) in [5, 5.41) is 18.0. The number of ether oxygens (including phenoxy) is 1. The predicted molar refractivity (Wildman–Crippen MR) is 115 cm³/mol. The first-order valence-corrected chi connectivity index (χ1v) is 9.89. The predicted octanol–water partition coefficient (Wildman–Crippen LogP) is 3.16. The van der Waals surface area contributed by atoms with Crippen molar-refractivity contribution in [3.8, 4) is 23.1 Å². The Kier molecular flexibility index (Phi) is 4.76. The number of hydrogen-bond acceptors (Lipinski definition) is 7. The Morgan fingerprint density at radius 2 is 1.81 bits per heavy atom. The van der Waals surface area contributed by atoms with Gasteiger partial charge in [-0.3, -0.25) is 4.79 Å². The Morgan fingerprint density at radius 3 is 2.53 bits per heavy atom. The van der Waals surface area contributed by atoms with Gasteiger partial charge in [-0.05, 0) is 5.56 Å². The molecule has 32 heavy (non-hydrogen) atoms. The molecule has 0 radical (unpaired) electrons. The summed E-state index contributed by atoms with van der Waals surface area (Å²) in [5.74, 6) is -0.151.